The van der Waals surface area contributed by atoms with Gasteiger partial charge in [0.05, 0.1) is 6.61 Å². The Labute approximate surface area is 355 Å². The predicted octanol–water partition coefficient (Wildman–Crippen LogP) is 16.4. The summed E-state index contributed by atoms with van der Waals surface area (Å²) < 4.78 is 10.7. The molecular formula is C52H96O5. The Morgan fingerprint density at radius 2 is 0.754 bits per heavy atom. The highest BCUT2D eigenvalue weighted by molar-refractivity contribution is 5.70. The largest absolute Gasteiger partial charge is 0.462 e. The lowest BCUT2D eigenvalue weighted by Gasteiger charge is -2.15. The minimum absolute atomic E-state index is 0.0664. The summed E-state index contributed by atoms with van der Waals surface area (Å²) in [7, 11) is 0. The third-order valence-corrected chi connectivity index (χ3v) is 11.2. The number of unbranched alkanes of at least 4 members (excludes halogenated alkanes) is 32. The summed E-state index contributed by atoms with van der Waals surface area (Å²) in [5.74, 6) is -0.590. The summed E-state index contributed by atoms with van der Waals surface area (Å²) in [5.41, 5.74) is 0. The SMILES string of the molecule is CC/C=C\C/C=C\C/C=C\CCCCCCCCCC(=O)OC(CO)COC(=O)CCCCCCCCCCCCCCCCCCCCCCCCCCCC. The van der Waals surface area contributed by atoms with Crippen LogP contribution >= 0.6 is 0 Å². The van der Waals surface area contributed by atoms with Crippen LogP contribution in [0.3, 0.4) is 0 Å². The second-order valence-electron chi connectivity index (χ2n) is 16.9. The average molecular weight is 801 g/mol. The number of hydrogen-bond acceptors (Lipinski definition) is 5. The standard InChI is InChI=1S/C52H96O5/c1-3-5-7-9-11-13-15-17-19-21-22-23-24-25-26-27-28-29-31-32-34-36-38-40-42-44-46-51(54)56-49-50(48-53)57-52(55)47-45-43-41-39-37-35-33-30-20-18-16-14-12-10-8-6-4-2/h6,8,12,14,18,20,50,53H,3-5,7,9-11,13,15-17,19,21-49H2,1-2H3/b8-6-,14-12-,20-18-. The Bertz CT molecular complexity index is 908. The van der Waals surface area contributed by atoms with Crippen LogP contribution in [0.15, 0.2) is 36.5 Å². The van der Waals surface area contributed by atoms with E-state index in [1.54, 1.807) is 0 Å². The summed E-state index contributed by atoms with van der Waals surface area (Å²) in [6, 6.07) is 0. The van der Waals surface area contributed by atoms with Crippen LogP contribution in [-0.4, -0.2) is 36.4 Å². The van der Waals surface area contributed by atoms with Gasteiger partial charge in [0.1, 0.15) is 6.61 Å². The molecule has 5 nitrogen and oxygen atoms in total. The predicted molar refractivity (Wildman–Crippen MR) is 247 cm³/mol. The lowest BCUT2D eigenvalue weighted by molar-refractivity contribution is -0.161. The molecule has 334 valence electrons. The second-order valence-corrected chi connectivity index (χ2v) is 16.9. The van der Waals surface area contributed by atoms with Gasteiger partial charge in [-0.3, -0.25) is 9.59 Å². The molecule has 0 aliphatic heterocycles. The molecule has 0 aromatic rings. The molecule has 0 saturated carbocycles. The molecule has 0 saturated heterocycles. The molecule has 1 atom stereocenters. The van der Waals surface area contributed by atoms with Gasteiger partial charge in [-0.1, -0.05) is 243 Å². The van der Waals surface area contributed by atoms with Gasteiger partial charge in [-0.05, 0) is 44.9 Å². The number of aliphatic hydroxyl groups excluding tert-OH is 1. The van der Waals surface area contributed by atoms with E-state index in [0.717, 1.165) is 64.2 Å². The van der Waals surface area contributed by atoms with Crippen molar-refractivity contribution in [3.8, 4) is 0 Å². The normalized spacial score (nSPS) is 12.4. The van der Waals surface area contributed by atoms with Gasteiger partial charge >= 0.3 is 11.9 Å². The molecular weight excluding hydrogens is 705 g/mol. The minimum Gasteiger partial charge on any atom is -0.462 e. The number of rotatable bonds is 46. The van der Waals surface area contributed by atoms with E-state index in [4.69, 9.17) is 9.47 Å². The Kier molecular flexibility index (Phi) is 46.9. The fraction of sp³-hybridized carbons (Fsp3) is 0.846. The molecule has 0 fully saturated rings. The van der Waals surface area contributed by atoms with Crippen molar-refractivity contribution in [1.29, 1.82) is 0 Å². The van der Waals surface area contributed by atoms with Gasteiger partial charge in [0.2, 0.25) is 0 Å². The lowest BCUT2D eigenvalue weighted by atomic mass is 10.0. The van der Waals surface area contributed by atoms with E-state index in [-0.39, 0.29) is 25.2 Å². The van der Waals surface area contributed by atoms with E-state index >= 15 is 0 Å². The van der Waals surface area contributed by atoms with Crippen molar-refractivity contribution < 1.29 is 24.2 Å². The quantitative estimate of drug-likeness (QED) is 0.0377. The van der Waals surface area contributed by atoms with Crippen LogP contribution in [0.4, 0.5) is 0 Å². The molecule has 0 radical (unpaired) electrons. The van der Waals surface area contributed by atoms with Crippen molar-refractivity contribution in [3.05, 3.63) is 36.5 Å². The number of carbonyl (C=O) groups excluding carboxylic acids is 2. The van der Waals surface area contributed by atoms with E-state index in [2.05, 4.69) is 50.3 Å². The molecule has 0 bridgehead atoms. The van der Waals surface area contributed by atoms with Crippen LogP contribution in [0.5, 0.6) is 0 Å². The van der Waals surface area contributed by atoms with E-state index in [0.29, 0.717) is 12.8 Å². The number of hydrogen-bond donors (Lipinski definition) is 1. The maximum Gasteiger partial charge on any atom is 0.306 e. The van der Waals surface area contributed by atoms with Crippen molar-refractivity contribution in [2.45, 2.75) is 270 Å². The van der Waals surface area contributed by atoms with Gasteiger partial charge in [0.15, 0.2) is 6.10 Å². The fourth-order valence-electron chi connectivity index (χ4n) is 7.45. The van der Waals surface area contributed by atoms with Gasteiger partial charge in [-0.15, -0.1) is 0 Å². The van der Waals surface area contributed by atoms with Crippen molar-refractivity contribution in [2.24, 2.45) is 0 Å². The second kappa shape index (κ2) is 48.5. The molecule has 0 aliphatic carbocycles. The Morgan fingerprint density at radius 1 is 0.421 bits per heavy atom. The summed E-state index contributed by atoms with van der Waals surface area (Å²) in [5, 5.41) is 9.61. The molecule has 0 amide bonds. The monoisotopic (exact) mass is 801 g/mol. The van der Waals surface area contributed by atoms with Crippen LogP contribution in [0.1, 0.15) is 264 Å². The van der Waals surface area contributed by atoms with Gasteiger partial charge in [-0.2, -0.15) is 0 Å². The van der Waals surface area contributed by atoms with E-state index in [9.17, 15) is 14.7 Å². The van der Waals surface area contributed by atoms with Crippen LogP contribution in [0.2, 0.25) is 0 Å². The first-order chi connectivity index (χ1) is 28.1. The van der Waals surface area contributed by atoms with Crippen molar-refractivity contribution >= 4 is 11.9 Å². The molecule has 0 rings (SSSR count). The summed E-state index contributed by atoms with van der Waals surface area (Å²) in [6.07, 6.45) is 61.0. The highest BCUT2D eigenvalue weighted by Gasteiger charge is 2.16. The highest BCUT2D eigenvalue weighted by atomic mass is 16.6. The third kappa shape index (κ3) is 46.7. The number of allylic oxidation sites excluding steroid dienone is 6. The maximum atomic E-state index is 12.2. The molecule has 1 unspecified atom stereocenters. The first-order valence-corrected chi connectivity index (χ1v) is 25.0. The van der Waals surface area contributed by atoms with Crippen LogP contribution in [0.25, 0.3) is 0 Å². The fourth-order valence-corrected chi connectivity index (χ4v) is 7.45. The van der Waals surface area contributed by atoms with Crippen molar-refractivity contribution in [1.82, 2.24) is 0 Å². The molecule has 57 heavy (non-hydrogen) atoms. The average Bonchev–Trinajstić information content (AvgIpc) is 3.21. The zero-order valence-corrected chi connectivity index (χ0v) is 38.1. The molecule has 0 aromatic heterocycles. The summed E-state index contributed by atoms with van der Waals surface area (Å²) in [6.45, 7) is 4.05. The third-order valence-electron chi connectivity index (χ3n) is 11.2. The first-order valence-electron chi connectivity index (χ1n) is 25.0. The summed E-state index contributed by atoms with van der Waals surface area (Å²) >= 11 is 0. The van der Waals surface area contributed by atoms with Crippen LogP contribution in [-0.2, 0) is 19.1 Å². The van der Waals surface area contributed by atoms with Gasteiger partial charge in [0, 0.05) is 12.8 Å². The number of carbonyl (C=O) groups is 2. The van der Waals surface area contributed by atoms with E-state index < -0.39 is 6.10 Å². The van der Waals surface area contributed by atoms with Gasteiger partial charge in [-0.25, -0.2) is 0 Å². The highest BCUT2D eigenvalue weighted by Crippen LogP contribution is 2.17. The Morgan fingerprint density at radius 3 is 1.14 bits per heavy atom. The molecule has 5 heteroatoms. The number of ether oxygens (including phenoxy) is 2. The lowest BCUT2D eigenvalue weighted by Crippen LogP contribution is -2.28. The van der Waals surface area contributed by atoms with Crippen LogP contribution in [0, 0.1) is 0 Å². The Hall–Kier alpha value is -1.88. The van der Waals surface area contributed by atoms with Crippen molar-refractivity contribution in [3.63, 3.8) is 0 Å². The zero-order valence-electron chi connectivity index (χ0n) is 38.1. The minimum atomic E-state index is -0.775. The molecule has 0 heterocycles. The van der Waals surface area contributed by atoms with Crippen molar-refractivity contribution in [2.75, 3.05) is 13.2 Å². The first kappa shape index (κ1) is 55.1. The molecule has 0 aliphatic rings. The smallest absolute Gasteiger partial charge is 0.306 e. The maximum absolute atomic E-state index is 12.2. The van der Waals surface area contributed by atoms with Gasteiger partial charge < -0.3 is 14.6 Å². The Balaban J connectivity index is 3.45. The number of aliphatic hydroxyl groups is 1. The van der Waals surface area contributed by atoms with Crippen LogP contribution < -0.4 is 0 Å². The summed E-state index contributed by atoms with van der Waals surface area (Å²) in [4.78, 5) is 24.4. The zero-order chi connectivity index (χ0) is 41.4. The van der Waals surface area contributed by atoms with E-state index in [1.165, 1.54) is 173 Å². The molecule has 1 N–H and O–H groups in total. The topological polar surface area (TPSA) is 72.8 Å². The molecule has 0 spiro atoms. The molecule has 0 aromatic carbocycles. The number of esters is 2. The van der Waals surface area contributed by atoms with Gasteiger partial charge in [0.25, 0.3) is 0 Å². The van der Waals surface area contributed by atoms with E-state index in [1.807, 2.05) is 0 Å².